The van der Waals surface area contributed by atoms with Gasteiger partial charge in [-0.05, 0) is 24.6 Å². The van der Waals surface area contributed by atoms with Crippen molar-refractivity contribution in [1.29, 1.82) is 0 Å². The lowest BCUT2D eigenvalue weighted by molar-refractivity contribution is 0.0600. The molecule has 94 valence electrons. The Labute approximate surface area is 113 Å². The fourth-order valence-corrected chi connectivity index (χ4v) is 3.11. The maximum absolute atomic E-state index is 11.3. The molecule has 0 atom stereocenters. The molecule has 0 amide bonds. The van der Waals surface area contributed by atoms with E-state index in [1.165, 1.54) is 7.11 Å². The maximum atomic E-state index is 11.3. The van der Waals surface area contributed by atoms with Crippen molar-refractivity contribution < 1.29 is 9.53 Å². The number of aromatic nitrogens is 2. The van der Waals surface area contributed by atoms with Crippen molar-refractivity contribution in [1.82, 2.24) is 10.2 Å². The van der Waals surface area contributed by atoms with E-state index in [4.69, 9.17) is 0 Å². The number of esters is 1. The van der Waals surface area contributed by atoms with Crippen LogP contribution in [0.2, 0.25) is 0 Å². The predicted molar refractivity (Wildman–Crippen MR) is 72.0 cm³/mol. The fraction of sp³-hybridized carbons (Fsp3) is 0.250. The molecule has 1 aromatic heterocycles. The van der Waals surface area contributed by atoms with Gasteiger partial charge in [-0.1, -0.05) is 35.2 Å². The van der Waals surface area contributed by atoms with Crippen LogP contribution in [-0.4, -0.2) is 23.3 Å². The zero-order valence-corrected chi connectivity index (χ0v) is 11.7. The molecule has 0 aliphatic carbocycles. The van der Waals surface area contributed by atoms with Crippen molar-refractivity contribution in [2.45, 2.75) is 17.0 Å². The Balaban J connectivity index is 1.96. The number of carbonyl (C=O) groups is 1. The third-order valence-corrected chi connectivity index (χ3v) is 4.29. The largest absolute Gasteiger partial charge is 0.465 e. The second kappa shape index (κ2) is 5.97. The third-order valence-electron chi connectivity index (χ3n) is 2.24. The summed E-state index contributed by atoms with van der Waals surface area (Å²) >= 11 is 3.23. The highest BCUT2D eigenvalue weighted by Crippen LogP contribution is 2.25. The predicted octanol–water partition coefficient (Wildman–Crippen LogP) is 2.93. The lowest BCUT2D eigenvalue weighted by Gasteiger charge is -2.01. The number of nitrogens with zero attached hydrogens (tertiary/aromatic N) is 2. The van der Waals surface area contributed by atoms with Crippen LogP contribution >= 0.6 is 23.1 Å². The Hall–Kier alpha value is -1.40. The van der Waals surface area contributed by atoms with E-state index in [0.717, 1.165) is 20.7 Å². The van der Waals surface area contributed by atoms with Gasteiger partial charge in [0.15, 0.2) is 4.34 Å². The van der Waals surface area contributed by atoms with Crippen LogP contribution in [0.3, 0.4) is 0 Å². The molecule has 0 unspecified atom stereocenters. The molecule has 2 aromatic rings. The van der Waals surface area contributed by atoms with E-state index < -0.39 is 0 Å². The first-order valence-corrected chi connectivity index (χ1v) is 7.09. The summed E-state index contributed by atoms with van der Waals surface area (Å²) in [5, 5.41) is 8.98. The Kier molecular flexibility index (Phi) is 4.33. The highest BCUT2D eigenvalue weighted by Gasteiger charge is 2.05. The van der Waals surface area contributed by atoms with E-state index in [0.29, 0.717) is 5.56 Å². The van der Waals surface area contributed by atoms with Gasteiger partial charge in [-0.2, -0.15) is 0 Å². The van der Waals surface area contributed by atoms with Crippen LogP contribution < -0.4 is 0 Å². The molecular formula is C12H12N2O2S2. The Morgan fingerprint density at radius 3 is 2.61 bits per heavy atom. The van der Waals surface area contributed by atoms with Crippen molar-refractivity contribution in [3.05, 3.63) is 40.4 Å². The summed E-state index contributed by atoms with van der Waals surface area (Å²) in [7, 11) is 1.38. The van der Waals surface area contributed by atoms with Crippen molar-refractivity contribution in [3.63, 3.8) is 0 Å². The first-order valence-electron chi connectivity index (χ1n) is 5.29. The molecule has 0 radical (unpaired) electrons. The molecule has 0 saturated heterocycles. The Bertz CT molecular complexity index is 537. The third kappa shape index (κ3) is 3.30. The summed E-state index contributed by atoms with van der Waals surface area (Å²) in [5.41, 5.74) is 1.71. The smallest absolute Gasteiger partial charge is 0.337 e. The normalized spacial score (nSPS) is 10.3. The van der Waals surface area contributed by atoms with Crippen LogP contribution in [0.5, 0.6) is 0 Å². The maximum Gasteiger partial charge on any atom is 0.337 e. The zero-order valence-electron chi connectivity index (χ0n) is 10.0. The van der Waals surface area contributed by atoms with Crippen LogP contribution in [0.15, 0.2) is 28.6 Å². The highest BCUT2D eigenvalue weighted by molar-refractivity contribution is 8.00. The van der Waals surface area contributed by atoms with Gasteiger partial charge in [0.25, 0.3) is 0 Å². The van der Waals surface area contributed by atoms with Crippen LogP contribution in [0.25, 0.3) is 0 Å². The lowest BCUT2D eigenvalue weighted by atomic mass is 10.1. The molecule has 6 heteroatoms. The number of aryl methyl sites for hydroxylation is 1. The van der Waals surface area contributed by atoms with E-state index >= 15 is 0 Å². The molecule has 0 aliphatic heterocycles. The van der Waals surface area contributed by atoms with E-state index in [1.807, 2.05) is 19.1 Å². The summed E-state index contributed by atoms with van der Waals surface area (Å²) in [5.74, 6) is 0.504. The minimum Gasteiger partial charge on any atom is -0.465 e. The molecule has 0 spiro atoms. The van der Waals surface area contributed by atoms with E-state index in [2.05, 4.69) is 14.9 Å². The monoisotopic (exact) mass is 280 g/mol. The van der Waals surface area contributed by atoms with Crippen molar-refractivity contribution >= 4 is 29.1 Å². The van der Waals surface area contributed by atoms with Crippen molar-refractivity contribution in [2.75, 3.05) is 7.11 Å². The first kappa shape index (κ1) is 13.0. The lowest BCUT2D eigenvalue weighted by Crippen LogP contribution is -2.00. The highest BCUT2D eigenvalue weighted by atomic mass is 32.2. The molecule has 0 saturated carbocycles. The summed E-state index contributed by atoms with van der Waals surface area (Å²) in [6.07, 6.45) is 0. The average molecular weight is 280 g/mol. The molecule has 1 aromatic carbocycles. The van der Waals surface area contributed by atoms with Crippen LogP contribution in [-0.2, 0) is 10.5 Å². The number of hydrogen-bond donors (Lipinski definition) is 0. The van der Waals surface area contributed by atoms with Gasteiger partial charge >= 0.3 is 5.97 Å². The van der Waals surface area contributed by atoms with Gasteiger partial charge in [0, 0.05) is 5.75 Å². The number of rotatable bonds is 4. The first-order chi connectivity index (χ1) is 8.69. The summed E-state index contributed by atoms with van der Waals surface area (Å²) in [4.78, 5) is 11.3. The topological polar surface area (TPSA) is 52.1 Å². The van der Waals surface area contributed by atoms with Gasteiger partial charge in [-0.3, -0.25) is 0 Å². The average Bonchev–Trinajstić information content (AvgIpc) is 2.82. The molecule has 0 aliphatic rings. The standard InChI is InChI=1S/C12H12N2O2S2/c1-8-13-14-12(18-8)17-7-9-3-5-10(6-4-9)11(15)16-2/h3-6H,7H2,1-2H3. The zero-order chi connectivity index (χ0) is 13.0. The molecule has 0 bridgehead atoms. The number of hydrogen-bond acceptors (Lipinski definition) is 6. The van der Waals surface area contributed by atoms with Crippen molar-refractivity contribution in [2.24, 2.45) is 0 Å². The quantitative estimate of drug-likeness (QED) is 0.636. The number of carbonyl (C=O) groups excluding carboxylic acids is 1. The number of thioether (sulfide) groups is 1. The summed E-state index contributed by atoms with van der Waals surface area (Å²) in [6.45, 7) is 1.94. The number of ether oxygens (including phenoxy) is 1. The molecule has 4 nitrogen and oxygen atoms in total. The summed E-state index contributed by atoms with van der Waals surface area (Å²) in [6, 6.07) is 7.39. The molecule has 18 heavy (non-hydrogen) atoms. The van der Waals surface area contributed by atoms with E-state index in [1.54, 1.807) is 35.2 Å². The Morgan fingerprint density at radius 2 is 2.06 bits per heavy atom. The number of methoxy groups -OCH3 is 1. The van der Waals surface area contributed by atoms with E-state index in [9.17, 15) is 4.79 Å². The molecule has 2 rings (SSSR count). The summed E-state index contributed by atoms with van der Waals surface area (Å²) < 4.78 is 5.61. The SMILES string of the molecule is COC(=O)c1ccc(CSc2nnc(C)s2)cc1. The van der Waals surface area contributed by atoms with Gasteiger partial charge in [-0.15, -0.1) is 10.2 Å². The van der Waals surface area contributed by atoms with Gasteiger partial charge in [0.2, 0.25) is 0 Å². The minimum absolute atomic E-state index is 0.311. The van der Waals surface area contributed by atoms with Crippen molar-refractivity contribution in [3.8, 4) is 0 Å². The fourth-order valence-electron chi connectivity index (χ4n) is 1.34. The minimum atomic E-state index is -0.311. The van der Waals surface area contributed by atoms with Crippen LogP contribution in [0.1, 0.15) is 20.9 Å². The molecule has 0 N–H and O–H groups in total. The number of benzene rings is 1. The Morgan fingerprint density at radius 1 is 1.33 bits per heavy atom. The van der Waals surface area contributed by atoms with Crippen LogP contribution in [0, 0.1) is 6.92 Å². The van der Waals surface area contributed by atoms with Gasteiger partial charge in [0.1, 0.15) is 5.01 Å². The molecule has 1 heterocycles. The molecular weight excluding hydrogens is 268 g/mol. The van der Waals surface area contributed by atoms with Gasteiger partial charge < -0.3 is 4.74 Å². The van der Waals surface area contributed by atoms with Gasteiger partial charge in [-0.25, -0.2) is 4.79 Å². The van der Waals surface area contributed by atoms with Crippen LogP contribution in [0.4, 0.5) is 0 Å². The molecule has 0 fully saturated rings. The van der Waals surface area contributed by atoms with Gasteiger partial charge in [0.05, 0.1) is 12.7 Å². The van der Waals surface area contributed by atoms with E-state index in [-0.39, 0.29) is 5.97 Å². The second-order valence-corrected chi connectivity index (χ2v) is 5.97. The second-order valence-electron chi connectivity index (χ2n) is 3.56.